The molecule has 0 bridgehead atoms. The second-order valence-corrected chi connectivity index (χ2v) is 5.49. The van der Waals surface area contributed by atoms with Crippen LogP contribution in [0.4, 0.5) is 0 Å². The number of hydrogen-bond acceptors (Lipinski definition) is 3. The van der Waals surface area contributed by atoms with Gasteiger partial charge < -0.3 is 14.4 Å². The molecule has 1 amide bonds. The highest BCUT2D eigenvalue weighted by atomic mass is 16.5. The van der Waals surface area contributed by atoms with Crippen LogP contribution in [0, 0.1) is 0 Å². The molecule has 2 aromatic carbocycles. The van der Waals surface area contributed by atoms with Gasteiger partial charge in [-0.1, -0.05) is 24.3 Å². The third kappa shape index (κ3) is 3.96. The van der Waals surface area contributed by atoms with Gasteiger partial charge in [0, 0.05) is 24.7 Å². The first-order valence-corrected chi connectivity index (χ1v) is 7.75. The zero-order valence-electron chi connectivity index (χ0n) is 14.4. The lowest BCUT2D eigenvalue weighted by atomic mass is 10.1. The van der Waals surface area contributed by atoms with Crippen LogP contribution < -0.4 is 9.47 Å². The summed E-state index contributed by atoms with van der Waals surface area (Å²) >= 11 is 0. The minimum Gasteiger partial charge on any atom is -0.496 e. The van der Waals surface area contributed by atoms with Gasteiger partial charge in [0.15, 0.2) is 0 Å². The molecule has 0 aliphatic rings. The van der Waals surface area contributed by atoms with Crippen LogP contribution in [0.3, 0.4) is 0 Å². The Morgan fingerprint density at radius 3 is 2.42 bits per heavy atom. The van der Waals surface area contributed by atoms with Gasteiger partial charge in [-0.3, -0.25) is 4.79 Å². The van der Waals surface area contributed by atoms with Gasteiger partial charge in [-0.15, -0.1) is 6.58 Å². The van der Waals surface area contributed by atoms with E-state index in [0.717, 1.165) is 22.6 Å². The van der Waals surface area contributed by atoms with Crippen LogP contribution in [0.1, 0.15) is 21.5 Å². The lowest BCUT2D eigenvalue weighted by molar-refractivity contribution is 0.0784. The molecule has 2 aromatic rings. The maximum absolute atomic E-state index is 12.7. The second kappa shape index (κ2) is 8.20. The van der Waals surface area contributed by atoms with E-state index >= 15 is 0 Å². The molecule has 2 rings (SSSR count). The monoisotopic (exact) mass is 325 g/mol. The molecule has 0 aliphatic carbocycles. The number of rotatable bonds is 7. The predicted octanol–water partition coefficient (Wildman–Crippen LogP) is 3.70. The van der Waals surface area contributed by atoms with Gasteiger partial charge >= 0.3 is 0 Å². The number of hydrogen-bond donors (Lipinski definition) is 0. The smallest absolute Gasteiger partial charge is 0.253 e. The molecule has 0 unspecified atom stereocenters. The van der Waals surface area contributed by atoms with Crippen molar-refractivity contribution in [3.63, 3.8) is 0 Å². The Morgan fingerprint density at radius 1 is 1.08 bits per heavy atom. The predicted molar refractivity (Wildman–Crippen MR) is 95.7 cm³/mol. The van der Waals surface area contributed by atoms with Crippen LogP contribution in [0.15, 0.2) is 55.1 Å². The van der Waals surface area contributed by atoms with Crippen LogP contribution in [0.25, 0.3) is 0 Å². The number of ether oxygens (including phenoxy) is 2. The molecule has 4 nitrogen and oxygen atoms in total. The van der Waals surface area contributed by atoms with Gasteiger partial charge in [0.25, 0.3) is 5.91 Å². The Morgan fingerprint density at radius 2 is 1.75 bits per heavy atom. The van der Waals surface area contributed by atoms with Crippen molar-refractivity contribution in [1.82, 2.24) is 4.90 Å². The lowest BCUT2D eigenvalue weighted by Gasteiger charge is -2.19. The topological polar surface area (TPSA) is 38.8 Å². The van der Waals surface area contributed by atoms with E-state index in [-0.39, 0.29) is 5.91 Å². The molecule has 126 valence electrons. The van der Waals surface area contributed by atoms with Gasteiger partial charge in [0.05, 0.1) is 14.2 Å². The number of para-hydroxylation sites is 1. The van der Waals surface area contributed by atoms with E-state index in [1.165, 1.54) is 0 Å². The summed E-state index contributed by atoms with van der Waals surface area (Å²) in [6.07, 6.45) is 2.45. The Kier molecular flexibility index (Phi) is 6.01. The first kappa shape index (κ1) is 17.6. The maximum atomic E-state index is 12.7. The fraction of sp³-hybridized carbons (Fsp3) is 0.250. The minimum atomic E-state index is -0.0473. The fourth-order valence-electron chi connectivity index (χ4n) is 2.61. The largest absolute Gasteiger partial charge is 0.496 e. The molecule has 24 heavy (non-hydrogen) atoms. The summed E-state index contributed by atoms with van der Waals surface area (Å²) in [6, 6.07) is 13.2. The van der Waals surface area contributed by atoms with Crippen molar-refractivity contribution in [3.8, 4) is 11.5 Å². The normalized spacial score (nSPS) is 10.1. The van der Waals surface area contributed by atoms with E-state index in [0.29, 0.717) is 18.5 Å². The van der Waals surface area contributed by atoms with E-state index in [4.69, 9.17) is 9.47 Å². The Bertz CT molecular complexity index is 725. The van der Waals surface area contributed by atoms with Crippen LogP contribution >= 0.6 is 0 Å². The summed E-state index contributed by atoms with van der Waals surface area (Å²) in [5.41, 5.74) is 2.55. The second-order valence-electron chi connectivity index (χ2n) is 5.49. The molecular weight excluding hydrogens is 302 g/mol. The number of allylic oxidation sites excluding steroid dienone is 1. The van der Waals surface area contributed by atoms with Gasteiger partial charge in [0.2, 0.25) is 0 Å². The van der Waals surface area contributed by atoms with Crippen LogP contribution in [0.2, 0.25) is 0 Å². The molecule has 4 heteroatoms. The van der Waals surface area contributed by atoms with Gasteiger partial charge in [-0.25, -0.2) is 0 Å². The summed E-state index contributed by atoms with van der Waals surface area (Å²) in [5, 5.41) is 0. The summed E-state index contributed by atoms with van der Waals surface area (Å²) in [7, 11) is 5.04. The molecule has 0 heterocycles. The van der Waals surface area contributed by atoms with Crippen molar-refractivity contribution in [2.24, 2.45) is 0 Å². The zero-order valence-corrected chi connectivity index (χ0v) is 14.4. The van der Waals surface area contributed by atoms with Gasteiger partial charge in [0.1, 0.15) is 11.5 Å². The molecule has 0 N–H and O–H groups in total. The van der Waals surface area contributed by atoms with Crippen molar-refractivity contribution in [2.75, 3.05) is 21.3 Å². The zero-order chi connectivity index (χ0) is 17.5. The summed E-state index contributed by atoms with van der Waals surface area (Å²) in [4.78, 5) is 14.4. The van der Waals surface area contributed by atoms with Crippen LogP contribution in [-0.4, -0.2) is 32.1 Å². The number of carbonyl (C=O) groups is 1. The number of nitrogens with zero attached hydrogens (tertiary/aromatic N) is 1. The minimum absolute atomic E-state index is 0.0473. The first-order valence-electron chi connectivity index (χ1n) is 7.75. The van der Waals surface area contributed by atoms with Gasteiger partial charge in [-0.2, -0.15) is 0 Å². The Hall–Kier alpha value is -2.75. The molecular formula is C20H23NO3. The van der Waals surface area contributed by atoms with E-state index < -0.39 is 0 Å². The maximum Gasteiger partial charge on any atom is 0.253 e. The Labute approximate surface area is 143 Å². The first-order chi connectivity index (χ1) is 11.6. The molecule has 0 fully saturated rings. The van der Waals surface area contributed by atoms with Crippen molar-refractivity contribution >= 4 is 5.91 Å². The number of amides is 1. The quantitative estimate of drug-likeness (QED) is 0.729. The average molecular weight is 325 g/mol. The van der Waals surface area contributed by atoms with Crippen LogP contribution in [0.5, 0.6) is 11.5 Å². The summed E-state index contributed by atoms with van der Waals surface area (Å²) in [6.45, 7) is 4.23. The highest BCUT2D eigenvalue weighted by molar-refractivity contribution is 5.94. The molecule has 0 atom stereocenters. The van der Waals surface area contributed by atoms with Gasteiger partial charge in [-0.05, 0) is 36.2 Å². The van der Waals surface area contributed by atoms with Crippen molar-refractivity contribution in [1.29, 1.82) is 0 Å². The van der Waals surface area contributed by atoms with Crippen molar-refractivity contribution < 1.29 is 14.3 Å². The number of carbonyl (C=O) groups excluding carboxylic acids is 1. The summed E-state index contributed by atoms with van der Waals surface area (Å²) in [5.74, 6) is 1.49. The third-order valence-electron chi connectivity index (χ3n) is 3.84. The highest BCUT2D eigenvalue weighted by Crippen LogP contribution is 2.23. The fourth-order valence-corrected chi connectivity index (χ4v) is 2.61. The molecule has 0 saturated carbocycles. The Balaban J connectivity index is 2.21. The third-order valence-corrected chi connectivity index (χ3v) is 3.84. The molecule has 0 aromatic heterocycles. The molecule has 0 aliphatic heterocycles. The average Bonchev–Trinajstić information content (AvgIpc) is 2.61. The molecule has 0 radical (unpaired) electrons. The highest BCUT2D eigenvalue weighted by Gasteiger charge is 2.15. The lowest BCUT2D eigenvalue weighted by Crippen LogP contribution is -2.26. The number of methoxy groups -OCH3 is 2. The molecule has 0 spiro atoms. The summed E-state index contributed by atoms with van der Waals surface area (Å²) < 4.78 is 10.7. The van der Waals surface area contributed by atoms with E-state index in [2.05, 4.69) is 6.58 Å². The van der Waals surface area contributed by atoms with Crippen molar-refractivity contribution in [2.45, 2.75) is 13.0 Å². The molecule has 0 saturated heterocycles. The van der Waals surface area contributed by atoms with Crippen molar-refractivity contribution in [3.05, 3.63) is 71.8 Å². The van der Waals surface area contributed by atoms with E-state index in [1.807, 2.05) is 36.4 Å². The SMILES string of the molecule is C=CCc1cc(C(=O)N(C)Cc2ccccc2OC)ccc1OC. The van der Waals surface area contributed by atoms with E-state index in [1.54, 1.807) is 38.3 Å². The standard InChI is InChI=1S/C20H23NO3/c1-5-8-15-13-16(11-12-19(15)24-4)20(22)21(2)14-17-9-6-7-10-18(17)23-3/h5-7,9-13H,1,8,14H2,2-4H3. The van der Waals surface area contributed by atoms with E-state index in [9.17, 15) is 4.79 Å². The van der Waals surface area contributed by atoms with Crippen LogP contribution in [-0.2, 0) is 13.0 Å². The number of benzene rings is 2.